The van der Waals surface area contributed by atoms with Crippen molar-refractivity contribution in [2.75, 3.05) is 18.9 Å². The van der Waals surface area contributed by atoms with E-state index < -0.39 is 27.5 Å². The molecule has 0 aliphatic carbocycles. The molecule has 0 amide bonds. The molecule has 0 spiro atoms. The fourth-order valence-corrected chi connectivity index (χ4v) is 3.49. The van der Waals surface area contributed by atoms with Crippen molar-refractivity contribution in [3.05, 3.63) is 47.3 Å². The summed E-state index contributed by atoms with van der Waals surface area (Å²) in [6.45, 7) is 1.54. The first kappa shape index (κ1) is 18.5. The summed E-state index contributed by atoms with van der Waals surface area (Å²) in [5.41, 5.74) is -0.364. The lowest BCUT2D eigenvalue weighted by atomic mass is 10.2. The van der Waals surface area contributed by atoms with E-state index >= 15 is 0 Å². The summed E-state index contributed by atoms with van der Waals surface area (Å²) < 4.78 is 51.3. The van der Waals surface area contributed by atoms with Gasteiger partial charge in [-0.25, -0.2) is 17.6 Å². The van der Waals surface area contributed by atoms with Crippen molar-refractivity contribution < 1.29 is 32.2 Å². The normalized spacial score (nSPS) is 11.0. The summed E-state index contributed by atoms with van der Waals surface area (Å²) in [6.07, 6.45) is 0. The van der Waals surface area contributed by atoms with Crippen LogP contribution in [0.25, 0.3) is 0 Å². The summed E-state index contributed by atoms with van der Waals surface area (Å²) >= 11 is 0. The van der Waals surface area contributed by atoms with Gasteiger partial charge in [0.1, 0.15) is 5.82 Å². The predicted molar refractivity (Wildman–Crippen MR) is 88.5 cm³/mol. The molecule has 0 aliphatic heterocycles. The number of anilines is 1. The van der Waals surface area contributed by atoms with Crippen LogP contribution in [0.4, 0.5) is 10.1 Å². The average Bonchev–Trinajstić information content (AvgIpc) is 2.55. The van der Waals surface area contributed by atoms with E-state index in [1.165, 1.54) is 26.4 Å². The Morgan fingerprint density at radius 2 is 1.72 bits per heavy atom. The largest absolute Gasteiger partial charge is 0.493 e. The number of benzene rings is 2. The lowest BCUT2D eigenvalue weighted by Gasteiger charge is -2.15. The Bertz CT molecular complexity index is 926. The van der Waals surface area contributed by atoms with Crippen molar-refractivity contribution in [3.8, 4) is 11.5 Å². The van der Waals surface area contributed by atoms with Crippen LogP contribution in [0.15, 0.2) is 35.2 Å². The van der Waals surface area contributed by atoms with Crippen LogP contribution in [-0.4, -0.2) is 33.7 Å². The van der Waals surface area contributed by atoms with Gasteiger partial charge in [-0.1, -0.05) is 0 Å². The number of hydrogen-bond acceptors (Lipinski definition) is 5. The highest BCUT2D eigenvalue weighted by atomic mass is 32.2. The van der Waals surface area contributed by atoms with Crippen LogP contribution in [-0.2, 0) is 10.0 Å². The zero-order valence-electron chi connectivity index (χ0n) is 13.7. The number of hydrogen-bond donors (Lipinski definition) is 2. The quantitative estimate of drug-likeness (QED) is 0.812. The first-order valence-electron chi connectivity index (χ1n) is 6.98. The molecule has 0 saturated heterocycles. The molecule has 2 aromatic carbocycles. The third-order valence-electron chi connectivity index (χ3n) is 3.43. The highest BCUT2D eigenvalue weighted by Crippen LogP contribution is 2.33. The molecule has 0 unspecified atom stereocenters. The molecule has 0 saturated carbocycles. The molecule has 7 nitrogen and oxygen atoms in total. The Balaban J connectivity index is 2.50. The molecule has 25 heavy (non-hydrogen) atoms. The van der Waals surface area contributed by atoms with Gasteiger partial charge in [-0.2, -0.15) is 0 Å². The van der Waals surface area contributed by atoms with Crippen LogP contribution >= 0.6 is 0 Å². The van der Waals surface area contributed by atoms with E-state index in [0.29, 0.717) is 11.3 Å². The molecule has 2 N–H and O–H groups in total. The second-order valence-corrected chi connectivity index (χ2v) is 6.73. The van der Waals surface area contributed by atoms with E-state index in [2.05, 4.69) is 4.72 Å². The van der Waals surface area contributed by atoms with E-state index in [9.17, 15) is 17.6 Å². The predicted octanol–water partition coefficient (Wildman–Crippen LogP) is 2.65. The number of carboxylic acids is 1. The van der Waals surface area contributed by atoms with Gasteiger partial charge in [-0.15, -0.1) is 0 Å². The van der Waals surface area contributed by atoms with Crippen LogP contribution in [0, 0.1) is 12.7 Å². The SMILES string of the molecule is COc1cc(C)c(S(=O)(=O)Nc2cc(C(=O)O)ccc2F)cc1OC. The number of carbonyl (C=O) groups is 1. The second kappa shape index (κ2) is 6.98. The molecule has 0 atom stereocenters. The number of methoxy groups -OCH3 is 2. The maximum Gasteiger partial charge on any atom is 0.335 e. The molecular weight excluding hydrogens is 353 g/mol. The van der Waals surface area contributed by atoms with Crippen LogP contribution in [0.5, 0.6) is 11.5 Å². The third-order valence-corrected chi connectivity index (χ3v) is 4.94. The van der Waals surface area contributed by atoms with Gasteiger partial charge in [0, 0.05) is 6.07 Å². The molecule has 2 aromatic rings. The molecule has 0 bridgehead atoms. The number of ether oxygens (including phenoxy) is 2. The minimum Gasteiger partial charge on any atom is -0.493 e. The maximum atomic E-state index is 13.9. The molecule has 0 heterocycles. The monoisotopic (exact) mass is 369 g/mol. The first-order chi connectivity index (χ1) is 11.7. The lowest BCUT2D eigenvalue weighted by molar-refractivity contribution is 0.0697. The topological polar surface area (TPSA) is 102 Å². The van der Waals surface area contributed by atoms with Crippen molar-refractivity contribution in [2.45, 2.75) is 11.8 Å². The Labute approximate surface area is 144 Å². The number of nitrogens with one attached hydrogen (secondary N) is 1. The minimum absolute atomic E-state index is 0.148. The van der Waals surface area contributed by atoms with E-state index in [0.717, 1.165) is 18.2 Å². The van der Waals surface area contributed by atoms with Gasteiger partial charge < -0.3 is 14.6 Å². The molecule has 134 valence electrons. The summed E-state index contributed by atoms with van der Waals surface area (Å²) in [4.78, 5) is 10.8. The second-order valence-electron chi connectivity index (χ2n) is 5.08. The van der Waals surface area contributed by atoms with Crippen molar-refractivity contribution in [1.29, 1.82) is 0 Å². The third kappa shape index (κ3) is 3.82. The Hall–Kier alpha value is -2.81. The zero-order valence-corrected chi connectivity index (χ0v) is 14.5. The number of halogens is 1. The highest BCUT2D eigenvalue weighted by molar-refractivity contribution is 7.92. The van der Waals surface area contributed by atoms with Gasteiger partial charge in [-0.3, -0.25) is 4.72 Å². The molecule has 0 aliphatic rings. The molecule has 2 rings (SSSR count). The van der Waals surface area contributed by atoms with Crippen LogP contribution in [0.3, 0.4) is 0 Å². The number of rotatable bonds is 6. The Morgan fingerprint density at radius 3 is 2.28 bits per heavy atom. The summed E-state index contributed by atoms with van der Waals surface area (Å²) in [7, 11) is -1.42. The molecule has 9 heteroatoms. The first-order valence-corrected chi connectivity index (χ1v) is 8.46. The van der Waals surface area contributed by atoms with Crippen molar-refractivity contribution in [2.24, 2.45) is 0 Å². The van der Waals surface area contributed by atoms with E-state index in [1.807, 2.05) is 0 Å². The average molecular weight is 369 g/mol. The fraction of sp³-hybridized carbons (Fsp3) is 0.188. The summed E-state index contributed by atoms with van der Waals surface area (Å²) in [6, 6.07) is 5.54. The van der Waals surface area contributed by atoms with Crippen LogP contribution in [0.1, 0.15) is 15.9 Å². The van der Waals surface area contributed by atoms with Crippen LogP contribution in [0.2, 0.25) is 0 Å². The van der Waals surface area contributed by atoms with Gasteiger partial charge in [0.2, 0.25) is 0 Å². The van der Waals surface area contributed by atoms with Crippen molar-refractivity contribution in [1.82, 2.24) is 0 Å². The van der Waals surface area contributed by atoms with Gasteiger partial charge in [0.15, 0.2) is 11.5 Å². The summed E-state index contributed by atoms with van der Waals surface area (Å²) in [5.74, 6) is -1.67. The van der Waals surface area contributed by atoms with Crippen molar-refractivity contribution >= 4 is 21.7 Å². The molecule has 0 aromatic heterocycles. The minimum atomic E-state index is -4.19. The Kier molecular flexibility index (Phi) is 5.17. The van der Waals surface area contributed by atoms with Crippen LogP contribution < -0.4 is 14.2 Å². The molecular formula is C16H16FNO6S. The van der Waals surface area contributed by atoms with E-state index in [-0.39, 0.29) is 16.2 Å². The highest BCUT2D eigenvalue weighted by Gasteiger charge is 2.22. The van der Waals surface area contributed by atoms with Gasteiger partial charge >= 0.3 is 5.97 Å². The summed E-state index contributed by atoms with van der Waals surface area (Å²) in [5, 5.41) is 8.96. The smallest absolute Gasteiger partial charge is 0.335 e. The Morgan fingerprint density at radius 1 is 1.12 bits per heavy atom. The molecule has 0 radical (unpaired) electrons. The van der Waals surface area contributed by atoms with Gasteiger partial charge in [0.05, 0.1) is 30.4 Å². The lowest BCUT2D eigenvalue weighted by Crippen LogP contribution is -2.16. The number of aromatic carboxylic acids is 1. The fourth-order valence-electron chi connectivity index (χ4n) is 2.19. The van der Waals surface area contributed by atoms with Gasteiger partial charge in [0.25, 0.3) is 10.0 Å². The number of sulfonamides is 1. The van der Waals surface area contributed by atoms with E-state index in [4.69, 9.17) is 14.6 Å². The van der Waals surface area contributed by atoms with Crippen molar-refractivity contribution in [3.63, 3.8) is 0 Å². The van der Waals surface area contributed by atoms with E-state index in [1.54, 1.807) is 6.92 Å². The molecule has 0 fully saturated rings. The maximum absolute atomic E-state index is 13.9. The number of carboxylic acid groups (broad SMARTS) is 1. The van der Waals surface area contributed by atoms with Gasteiger partial charge in [-0.05, 0) is 36.8 Å². The zero-order chi connectivity index (χ0) is 18.8. The number of aryl methyl sites for hydroxylation is 1. The standard InChI is InChI=1S/C16H16FNO6S/c1-9-6-13(23-2)14(24-3)8-15(9)25(21,22)18-12-7-10(16(19)20)4-5-11(12)17/h4-8,18H,1-3H3,(H,19,20).